The summed E-state index contributed by atoms with van der Waals surface area (Å²) in [6.45, 7) is 4.75. The largest absolute Gasteiger partial charge is 1.00 e. The van der Waals surface area contributed by atoms with E-state index in [9.17, 15) is 0 Å². The molecule has 4 heavy (non-hydrogen) atoms. The smallest absolute Gasteiger partial charge is 0.512 e. The molecule has 0 amide bonds. The minimum Gasteiger partial charge on any atom is -0.512 e. The van der Waals surface area contributed by atoms with E-state index in [2.05, 4.69) is 0 Å². The normalized spacial score (nSPS) is 0.500. The Morgan fingerprint density at radius 2 is 1.25 bits per heavy atom. The van der Waals surface area contributed by atoms with Gasteiger partial charge in [-0.3, -0.25) is 0 Å². The summed E-state index contributed by atoms with van der Waals surface area (Å²) >= 11 is 0. The van der Waals surface area contributed by atoms with Crippen LogP contribution in [0, 0.1) is 11.8 Å². The fraction of sp³-hybridized carbons (Fsp3) is 0. The number of nitrogens with zero attached hydrogens (tertiary/aromatic N) is 1. The number of hydrogen-bond donors (Lipinski definition) is 1. The van der Waals surface area contributed by atoms with E-state index in [1.165, 1.54) is 0 Å². The quantitative estimate of drug-likeness (QED) is 0.398. The number of rotatable bonds is 0. The summed E-state index contributed by atoms with van der Waals surface area (Å²) < 4.78 is 0. The summed E-state index contributed by atoms with van der Waals surface area (Å²) in [5.41, 5.74) is 0. The molecule has 0 spiro atoms. The second kappa shape index (κ2) is 423. The maximum absolute atomic E-state index is 6.25. The van der Waals surface area contributed by atoms with Gasteiger partial charge in [0.05, 0.1) is 0 Å². The average Bonchev–Trinajstić information content (AvgIpc) is 1.00. The summed E-state index contributed by atoms with van der Waals surface area (Å²) in [5.74, 6) is 0. The third-order valence-electron chi connectivity index (χ3n) is 0. The topological polar surface area (TPSA) is 60.3 Å². The van der Waals surface area contributed by atoms with Gasteiger partial charge in [0.1, 0.15) is 0 Å². The first-order valence-electron chi connectivity index (χ1n) is 0.224. The Balaban J connectivity index is -0.00000000500. The van der Waals surface area contributed by atoms with Gasteiger partial charge in [-0.1, -0.05) is 0 Å². The Morgan fingerprint density at radius 3 is 1.25 bits per heavy atom. The fourth-order valence-electron chi connectivity index (χ4n) is 0. The van der Waals surface area contributed by atoms with Crippen molar-refractivity contribution in [2.24, 2.45) is 0 Å². The third-order valence-corrected chi connectivity index (χ3v) is 0. The fourth-order valence-corrected chi connectivity index (χ4v) is 0. The average molecular weight is 152 g/mol. The molecule has 0 saturated heterocycles. The summed E-state index contributed by atoms with van der Waals surface area (Å²) in [4.78, 5) is 0. The molecule has 0 atom stereocenters. The van der Waals surface area contributed by atoms with Crippen LogP contribution in [0.3, 0.4) is 0 Å². The van der Waals surface area contributed by atoms with E-state index < -0.39 is 0 Å². The van der Waals surface area contributed by atoms with Crippen LogP contribution in [-0.2, 0) is 22.4 Å². The molecule has 0 aromatic rings. The van der Waals surface area contributed by atoms with E-state index in [1.807, 2.05) is 0 Å². The maximum Gasteiger partial charge on any atom is 1.00 e. The maximum atomic E-state index is 6.25. The number of hydrogen-bond acceptors (Lipinski definition) is 1. The summed E-state index contributed by atoms with van der Waals surface area (Å²) in [6, 6.07) is 0. The molecule has 0 rings (SSSR count). The van der Waals surface area contributed by atoms with E-state index in [-0.39, 0.29) is 28.5 Å². The Hall–Kier alpha value is 0.190. The van der Waals surface area contributed by atoms with E-state index in [4.69, 9.17) is 11.8 Å². The molecule has 0 aromatic heterocycles. The summed E-state index contributed by atoms with van der Waals surface area (Å²) in [5, 5.41) is 6.25. The summed E-state index contributed by atoms with van der Waals surface area (Å²) in [6.07, 6.45) is 0. The zero-order valence-electron chi connectivity index (χ0n) is 2.25. The molecule has 2 nitrogen and oxygen atoms in total. The second-order valence-electron chi connectivity index (χ2n) is 0. The molecule has 0 aromatic carbocycles. The van der Waals surface area contributed by atoms with Crippen molar-refractivity contribution in [3.63, 3.8) is 0 Å². The van der Waals surface area contributed by atoms with E-state index in [0.717, 1.165) is 0 Å². The predicted octanol–water partition coefficient (Wildman–Crippen LogP) is 0.470. The molecule has 0 aliphatic carbocycles. The summed E-state index contributed by atoms with van der Waals surface area (Å²) in [7, 11) is 0. The van der Waals surface area contributed by atoms with Crippen molar-refractivity contribution in [1.29, 1.82) is 5.26 Å². The van der Waals surface area contributed by atoms with Gasteiger partial charge in [-0.05, 0) is 0 Å². The molecule has 0 fully saturated rings. The van der Waals surface area contributed by atoms with Gasteiger partial charge in [0.15, 0.2) is 0 Å². The molecule has 0 radical (unpaired) electrons. The Labute approximate surface area is 40.9 Å². The molecular weight excluding hydrogens is 148 g/mol. The van der Waals surface area contributed by atoms with Gasteiger partial charge in [0.2, 0.25) is 0 Å². The van der Waals surface area contributed by atoms with Crippen LogP contribution in [0.1, 0.15) is 0 Å². The zero-order valence-corrected chi connectivity index (χ0v) is 3.73. The van der Waals surface area contributed by atoms with Gasteiger partial charge in [-0.15, -0.1) is 0 Å². The van der Waals surface area contributed by atoms with Crippen LogP contribution in [0.15, 0.2) is 0 Å². The van der Waals surface area contributed by atoms with Crippen molar-refractivity contribution in [2.75, 3.05) is 0 Å². The zero-order chi connectivity index (χ0) is 2.00. The van der Waals surface area contributed by atoms with Gasteiger partial charge in [0, 0.05) is 0 Å². The van der Waals surface area contributed by atoms with E-state index in [1.54, 1.807) is 0 Å². The Morgan fingerprint density at radius 1 is 1.25 bits per heavy atom. The van der Waals surface area contributed by atoms with Gasteiger partial charge in [0.25, 0.3) is 0 Å². The minimum atomic E-state index is 0. The SMILES string of the molecule is [Ag+].[C-]#N.[NH4+]. The van der Waals surface area contributed by atoms with Crippen molar-refractivity contribution >= 4 is 0 Å². The van der Waals surface area contributed by atoms with Crippen molar-refractivity contribution in [3.8, 4) is 0 Å². The van der Waals surface area contributed by atoms with Crippen LogP contribution in [-0.4, -0.2) is 0 Å². The van der Waals surface area contributed by atoms with Crippen LogP contribution < -0.4 is 6.15 Å². The van der Waals surface area contributed by atoms with E-state index >= 15 is 0 Å². The third kappa shape index (κ3) is 85.7. The van der Waals surface area contributed by atoms with Crippen molar-refractivity contribution < 1.29 is 22.4 Å². The van der Waals surface area contributed by atoms with E-state index in [0.29, 0.717) is 0 Å². The molecule has 0 unspecified atom stereocenters. The van der Waals surface area contributed by atoms with Gasteiger partial charge >= 0.3 is 22.4 Å². The monoisotopic (exact) mass is 151 g/mol. The standard InChI is InChI=1S/CN.Ag.H3N/c1-2;;/h;;1H3/q-1;+1;/p+1. The first kappa shape index (κ1) is 30.1. The van der Waals surface area contributed by atoms with Crippen LogP contribution in [0.25, 0.3) is 0 Å². The molecule has 0 aliphatic rings. The first-order valence-corrected chi connectivity index (χ1v) is 0.224. The molecule has 4 N–H and O–H groups in total. The number of quaternary nitrogens is 1. The molecule has 0 bridgehead atoms. The molecular formula is CH4AgN2+. The molecule has 0 saturated carbocycles. The molecule has 0 heterocycles. The van der Waals surface area contributed by atoms with Crippen LogP contribution in [0.4, 0.5) is 0 Å². The molecule has 0 aliphatic heterocycles. The second-order valence-corrected chi connectivity index (χ2v) is 0. The predicted molar refractivity (Wildman–Crippen MR) is 11.0 cm³/mol. The molecule has 3 heteroatoms. The van der Waals surface area contributed by atoms with Crippen LogP contribution in [0.5, 0.6) is 0 Å². The van der Waals surface area contributed by atoms with Gasteiger partial charge < -0.3 is 18.0 Å². The minimum absolute atomic E-state index is 0. The van der Waals surface area contributed by atoms with Gasteiger partial charge in [-0.25, -0.2) is 0 Å². The van der Waals surface area contributed by atoms with Crippen LogP contribution >= 0.6 is 0 Å². The van der Waals surface area contributed by atoms with Crippen molar-refractivity contribution in [1.82, 2.24) is 6.15 Å². The van der Waals surface area contributed by atoms with Gasteiger partial charge in [-0.2, -0.15) is 0 Å². The van der Waals surface area contributed by atoms with Crippen molar-refractivity contribution in [2.45, 2.75) is 0 Å². The first-order chi connectivity index (χ1) is 1.00. The van der Waals surface area contributed by atoms with Crippen LogP contribution in [0.2, 0.25) is 0 Å². The molecule has 28 valence electrons. The van der Waals surface area contributed by atoms with Crippen molar-refractivity contribution in [3.05, 3.63) is 6.57 Å². The Bertz CT molecular complexity index is 10.8. The Kier molecular flexibility index (Phi) is 3180.